The highest BCUT2D eigenvalue weighted by molar-refractivity contribution is 5.88. The average molecular weight is 549 g/mol. The summed E-state index contributed by atoms with van der Waals surface area (Å²) in [6.07, 6.45) is 2.80. The van der Waals surface area contributed by atoms with E-state index >= 15 is 0 Å². The van der Waals surface area contributed by atoms with Crippen LogP contribution in [0.15, 0.2) is 68.1 Å². The zero-order valence-corrected chi connectivity index (χ0v) is 22.6. The van der Waals surface area contributed by atoms with E-state index in [1.54, 1.807) is 62.4 Å². The molecule has 0 unspecified atom stereocenters. The molecule has 204 valence electrons. The molecule has 0 amide bonds. The van der Waals surface area contributed by atoms with Crippen LogP contribution in [-0.2, 0) is 14.1 Å². The van der Waals surface area contributed by atoms with Gasteiger partial charge in [0.15, 0.2) is 0 Å². The minimum absolute atomic E-state index is 0.0550. The third kappa shape index (κ3) is 5.46. The lowest BCUT2D eigenvalue weighted by molar-refractivity contribution is 0.421. The number of benzene rings is 2. The zero-order chi connectivity index (χ0) is 29.8. The summed E-state index contributed by atoms with van der Waals surface area (Å²) in [5.41, 5.74) is 1.10. The first-order chi connectivity index (χ1) is 19.6. The van der Waals surface area contributed by atoms with Crippen molar-refractivity contribution in [3.63, 3.8) is 0 Å². The second-order valence-electron chi connectivity index (χ2n) is 9.03. The van der Waals surface area contributed by atoms with Crippen LogP contribution < -0.4 is 15.9 Å². The fraction of sp³-hybridized carbons (Fsp3) is 0.133. The summed E-state index contributed by atoms with van der Waals surface area (Å²) < 4.78 is 7.88. The number of aromatic nitrogens is 2. The van der Waals surface area contributed by atoms with Gasteiger partial charge in [0.25, 0.3) is 11.1 Å². The Labute approximate surface area is 234 Å². The second kappa shape index (κ2) is 11.4. The summed E-state index contributed by atoms with van der Waals surface area (Å²) in [5.74, 6) is 0.526. The Morgan fingerprint density at radius 2 is 1.05 bits per heavy atom. The SMILES string of the molecule is Cc1c(C=Nc2ccc(Oc3ccc(N=Cc4c(C)c(C#N)c(=O)n(C)c4O)cc3)cc2)c(O)n(C)c(=O)c1C#N. The van der Waals surface area contributed by atoms with Gasteiger partial charge in [-0.05, 0) is 73.5 Å². The van der Waals surface area contributed by atoms with Crippen molar-refractivity contribution in [2.24, 2.45) is 24.1 Å². The van der Waals surface area contributed by atoms with Gasteiger partial charge in [0, 0.05) is 26.5 Å². The Morgan fingerprint density at radius 1 is 0.707 bits per heavy atom. The number of nitriles is 2. The fourth-order valence-electron chi connectivity index (χ4n) is 4.00. The number of hydrogen-bond donors (Lipinski definition) is 2. The maximum absolute atomic E-state index is 12.1. The Balaban J connectivity index is 1.48. The van der Waals surface area contributed by atoms with Crippen molar-refractivity contribution in [2.75, 3.05) is 0 Å². The van der Waals surface area contributed by atoms with E-state index in [2.05, 4.69) is 9.98 Å². The van der Waals surface area contributed by atoms with Gasteiger partial charge in [-0.15, -0.1) is 0 Å². The Bertz CT molecular complexity index is 1780. The van der Waals surface area contributed by atoms with Crippen molar-refractivity contribution < 1.29 is 14.9 Å². The lowest BCUT2D eigenvalue weighted by atomic mass is 10.1. The van der Waals surface area contributed by atoms with Gasteiger partial charge in [-0.3, -0.25) is 28.7 Å². The molecule has 4 aromatic rings. The minimum Gasteiger partial charge on any atom is -0.494 e. The number of rotatable bonds is 6. The van der Waals surface area contributed by atoms with Gasteiger partial charge in [-0.2, -0.15) is 10.5 Å². The van der Waals surface area contributed by atoms with Gasteiger partial charge in [-0.1, -0.05) is 0 Å². The van der Waals surface area contributed by atoms with Gasteiger partial charge in [0.2, 0.25) is 11.8 Å². The lowest BCUT2D eigenvalue weighted by Crippen LogP contribution is -2.22. The molecular formula is C30H24N6O5. The normalized spacial score (nSPS) is 11.1. The van der Waals surface area contributed by atoms with Crippen LogP contribution in [0, 0.1) is 36.5 Å². The molecule has 0 atom stereocenters. The third-order valence-electron chi connectivity index (χ3n) is 6.53. The molecule has 0 saturated heterocycles. The van der Waals surface area contributed by atoms with Crippen molar-refractivity contribution in [1.29, 1.82) is 10.5 Å². The first kappa shape index (κ1) is 28.1. The van der Waals surface area contributed by atoms with Gasteiger partial charge in [-0.25, -0.2) is 0 Å². The zero-order valence-electron chi connectivity index (χ0n) is 22.6. The summed E-state index contributed by atoms with van der Waals surface area (Å²) in [6, 6.07) is 17.4. The minimum atomic E-state index is -0.575. The number of hydrogen-bond acceptors (Lipinski definition) is 9. The molecule has 0 aliphatic heterocycles. The molecule has 2 aromatic heterocycles. The van der Waals surface area contributed by atoms with E-state index in [1.165, 1.54) is 26.5 Å². The summed E-state index contributed by atoms with van der Waals surface area (Å²) in [7, 11) is 2.76. The van der Waals surface area contributed by atoms with E-state index < -0.39 is 11.1 Å². The summed E-state index contributed by atoms with van der Waals surface area (Å²) in [5, 5.41) is 39.2. The molecule has 2 heterocycles. The second-order valence-corrected chi connectivity index (χ2v) is 9.03. The number of aromatic hydroxyl groups is 2. The van der Waals surface area contributed by atoms with E-state index in [0.29, 0.717) is 34.0 Å². The van der Waals surface area contributed by atoms with Crippen LogP contribution in [0.25, 0.3) is 0 Å². The first-order valence-electron chi connectivity index (χ1n) is 12.2. The molecule has 4 rings (SSSR count). The molecule has 0 spiro atoms. The molecular weight excluding hydrogens is 524 g/mol. The highest BCUT2D eigenvalue weighted by Gasteiger charge is 2.16. The standard InChI is InChI=1S/C30H24N6O5/c1-17-23(13-31)27(37)35(3)29(39)25(17)15-33-19-5-9-21(10-6-19)41-22-11-7-20(8-12-22)34-16-26-18(2)24(14-32)28(38)36(4)30(26)40/h5-12,15-16,39-40H,1-4H3. The molecule has 0 fully saturated rings. The largest absolute Gasteiger partial charge is 0.494 e. The molecule has 2 aromatic carbocycles. The van der Waals surface area contributed by atoms with E-state index in [-0.39, 0.29) is 34.0 Å². The fourth-order valence-corrected chi connectivity index (χ4v) is 4.00. The molecule has 0 saturated carbocycles. The van der Waals surface area contributed by atoms with Crippen molar-refractivity contribution in [3.05, 3.63) is 103 Å². The van der Waals surface area contributed by atoms with Crippen molar-refractivity contribution >= 4 is 23.8 Å². The molecule has 0 aliphatic carbocycles. The number of pyridine rings is 2. The number of nitrogens with zero attached hydrogens (tertiary/aromatic N) is 6. The molecule has 11 heteroatoms. The monoisotopic (exact) mass is 548 g/mol. The molecule has 2 N–H and O–H groups in total. The van der Waals surface area contributed by atoms with Crippen LogP contribution in [0.1, 0.15) is 33.4 Å². The molecule has 0 bridgehead atoms. The van der Waals surface area contributed by atoms with Crippen molar-refractivity contribution in [2.45, 2.75) is 13.8 Å². The van der Waals surface area contributed by atoms with Crippen LogP contribution >= 0.6 is 0 Å². The Hall–Kier alpha value is -5.94. The number of aliphatic imine (C=N–C) groups is 2. The Morgan fingerprint density at radius 3 is 1.37 bits per heavy atom. The summed E-state index contributed by atoms with van der Waals surface area (Å²) in [4.78, 5) is 32.9. The average Bonchev–Trinajstić information content (AvgIpc) is 2.97. The molecule has 0 aliphatic rings. The molecule has 11 nitrogen and oxygen atoms in total. The number of ether oxygens (including phenoxy) is 1. The van der Waals surface area contributed by atoms with Crippen molar-refractivity contribution in [3.8, 4) is 35.4 Å². The molecule has 0 radical (unpaired) electrons. The first-order valence-corrected chi connectivity index (χ1v) is 12.2. The van der Waals surface area contributed by atoms with Crippen LogP contribution in [0.4, 0.5) is 11.4 Å². The predicted octanol–water partition coefficient (Wildman–Crippen LogP) is 4.15. The summed E-state index contributed by atoms with van der Waals surface area (Å²) in [6.45, 7) is 3.16. The van der Waals surface area contributed by atoms with Crippen LogP contribution in [-0.4, -0.2) is 31.8 Å². The van der Waals surface area contributed by atoms with Crippen LogP contribution in [0.5, 0.6) is 23.3 Å². The van der Waals surface area contributed by atoms with E-state index in [9.17, 15) is 30.3 Å². The summed E-state index contributed by atoms with van der Waals surface area (Å²) >= 11 is 0. The van der Waals surface area contributed by atoms with Crippen molar-refractivity contribution in [1.82, 2.24) is 9.13 Å². The highest BCUT2D eigenvalue weighted by atomic mass is 16.5. The smallest absolute Gasteiger partial charge is 0.271 e. The van der Waals surface area contributed by atoms with E-state index in [1.807, 2.05) is 12.1 Å². The van der Waals surface area contributed by atoms with Gasteiger partial charge < -0.3 is 14.9 Å². The topological polar surface area (TPSA) is 166 Å². The van der Waals surface area contributed by atoms with E-state index in [0.717, 1.165) is 9.13 Å². The Kier molecular flexibility index (Phi) is 7.83. The molecule has 41 heavy (non-hydrogen) atoms. The maximum Gasteiger partial charge on any atom is 0.271 e. The lowest BCUT2D eigenvalue weighted by Gasteiger charge is -2.10. The van der Waals surface area contributed by atoms with Crippen LogP contribution in [0.3, 0.4) is 0 Å². The van der Waals surface area contributed by atoms with Gasteiger partial charge >= 0.3 is 0 Å². The van der Waals surface area contributed by atoms with Gasteiger partial charge in [0.05, 0.1) is 22.5 Å². The van der Waals surface area contributed by atoms with Gasteiger partial charge in [0.1, 0.15) is 34.8 Å². The maximum atomic E-state index is 12.1. The van der Waals surface area contributed by atoms with E-state index in [4.69, 9.17) is 4.74 Å². The quantitative estimate of drug-likeness (QED) is 0.341. The predicted molar refractivity (Wildman–Crippen MR) is 153 cm³/mol. The third-order valence-corrected chi connectivity index (χ3v) is 6.53. The van der Waals surface area contributed by atoms with Crippen LogP contribution in [0.2, 0.25) is 0 Å². The highest BCUT2D eigenvalue weighted by Crippen LogP contribution is 2.27.